The zero-order valence-corrected chi connectivity index (χ0v) is 16.3. The lowest BCUT2D eigenvalue weighted by Crippen LogP contribution is -2.26. The maximum Gasteiger partial charge on any atom is 0.230 e. The molecule has 0 radical (unpaired) electrons. The van der Waals surface area contributed by atoms with Gasteiger partial charge in [-0.05, 0) is 57.8 Å². The summed E-state index contributed by atoms with van der Waals surface area (Å²) in [6, 6.07) is 0.532. The van der Waals surface area contributed by atoms with Crippen molar-refractivity contribution in [2.75, 3.05) is 30.3 Å². The van der Waals surface area contributed by atoms with Gasteiger partial charge in [0.1, 0.15) is 0 Å². The van der Waals surface area contributed by atoms with E-state index in [1.165, 1.54) is 68.7 Å². The van der Waals surface area contributed by atoms with Crippen molar-refractivity contribution in [2.24, 2.45) is 0 Å². The number of amides is 1. The minimum Gasteiger partial charge on any atom is -0.355 e. The fourth-order valence-electron chi connectivity index (χ4n) is 3.83. The van der Waals surface area contributed by atoms with E-state index in [4.69, 9.17) is 0 Å². The van der Waals surface area contributed by atoms with E-state index in [1.54, 1.807) is 0 Å². The first-order valence-electron chi connectivity index (χ1n) is 10.1. The first-order valence-corrected chi connectivity index (χ1v) is 11.1. The third kappa shape index (κ3) is 4.42. The average molecular weight is 376 g/mol. The Balaban J connectivity index is 1.27. The molecule has 1 amide bonds. The Morgan fingerprint density at radius 1 is 1.19 bits per heavy atom. The number of rotatable bonds is 8. The molecule has 2 heterocycles. The summed E-state index contributed by atoms with van der Waals surface area (Å²) < 4.78 is 2.27. The van der Waals surface area contributed by atoms with Crippen LogP contribution in [0, 0.1) is 0 Å². The number of nitrogens with zero attached hydrogens (tertiary/aromatic N) is 4. The Bertz CT molecular complexity index is 661. The second-order valence-corrected chi connectivity index (χ2v) is 8.52. The van der Waals surface area contributed by atoms with E-state index < -0.39 is 0 Å². The number of aromatic nitrogens is 3. The van der Waals surface area contributed by atoms with E-state index in [1.807, 2.05) is 0 Å². The molecule has 26 heavy (non-hydrogen) atoms. The third-order valence-corrected chi connectivity index (χ3v) is 6.38. The van der Waals surface area contributed by atoms with Gasteiger partial charge in [-0.15, -0.1) is 10.2 Å². The summed E-state index contributed by atoms with van der Waals surface area (Å²) in [5.74, 6) is 1.53. The van der Waals surface area contributed by atoms with E-state index in [0.29, 0.717) is 11.8 Å². The van der Waals surface area contributed by atoms with Crippen molar-refractivity contribution in [2.45, 2.75) is 69.0 Å². The molecular weight excluding hydrogens is 346 g/mol. The Kier molecular flexibility index (Phi) is 5.82. The molecule has 1 aromatic rings. The number of thioether (sulfide) groups is 1. The van der Waals surface area contributed by atoms with Gasteiger partial charge in [-0.25, -0.2) is 0 Å². The van der Waals surface area contributed by atoms with Crippen molar-refractivity contribution >= 4 is 23.6 Å². The van der Waals surface area contributed by atoms with Crippen molar-refractivity contribution in [3.8, 4) is 0 Å². The molecule has 1 aromatic heterocycles. The van der Waals surface area contributed by atoms with Crippen LogP contribution in [-0.4, -0.2) is 46.1 Å². The Labute approximate surface area is 159 Å². The van der Waals surface area contributed by atoms with E-state index in [2.05, 4.69) is 31.1 Å². The molecule has 4 rings (SSSR count). The molecule has 1 saturated carbocycles. The van der Waals surface area contributed by atoms with Gasteiger partial charge in [0.15, 0.2) is 5.16 Å². The Morgan fingerprint density at radius 3 is 2.77 bits per heavy atom. The van der Waals surface area contributed by atoms with E-state index in [0.717, 1.165) is 37.2 Å². The predicted molar refractivity (Wildman–Crippen MR) is 105 cm³/mol. The van der Waals surface area contributed by atoms with Crippen LogP contribution in [0.25, 0.3) is 0 Å². The van der Waals surface area contributed by atoms with Crippen LogP contribution in [-0.2, 0) is 4.79 Å². The number of carbonyl (C=O) groups excluding carboxylic acids is 1. The highest BCUT2D eigenvalue weighted by molar-refractivity contribution is 7.99. The second-order valence-electron chi connectivity index (χ2n) is 7.57. The normalized spacial score (nSPS) is 20.3. The van der Waals surface area contributed by atoms with Gasteiger partial charge in [-0.3, -0.25) is 9.36 Å². The molecule has 0 aromatic carbocycles. The summed E-state index contributed by atoms with van der Waals surface area (Å²) in [4.78, 5) is 14.5. The first kappa shape index (κ1) is 17.9. The lowest BCUT2D eigenvalue weighted by Gasteiger charge is -2.18. The summed E-state index contributed by atoms with van der Waals surface area (Å²) in [6.45, 7) is 2.90. The number of hydrogen-bond donors (Lipinski definition) is 1. The molecule has 7 heteroatoms. The summed E-state index contributed by atoms with van der Waals surface area (Å²) >= 11 is 1.53. The zero-order chi connectivity index (χ0) is 17.8. The number of hydrogen-bond acceptors (Lipinski definition) is 5. The number of allylic oxidation sites excluding steroid dienone is 1. The van der Waals surface area contributed by atoms with Gasteiger partial charge in [0, 0.05) is 25.7 Å². The van der Waals surface area contributed by atoms with Crippen LogP contribution in [0.1, 0.15) is 63.8 Å². The number of nitrogens with one attached hydrogen (secondary N) is 1. The highest BCUT2D eigenvalue weighted by atomic mass is 32.2. The second kappa shape index (κ2) is 8.46. The van der Waals surface area contributed by atoms with E-state index in [-0.39, 0.29) is 5.91 Å². The van der Waals surface area contributed by atoms with E-state index >= 15 is 0 Å². The summed E-state index contributed by atoms with van der Waals surface area (Å²) in [5, 5.41) is 12.8. The lowest BCUT2D eigenvalue weighted by molar-refractivity contribution is -0.118. The average Bonchev–Trinajstić information content (AvgIpc) is 3.19. The van der Waals surface area contributed by atoms with Crippen LogP contribution in [0.15, 0.2) is 16.8 Å². The summed E-state index contributed by atoms with van der Waals surface area (Å²) in [6.07, 6.45) is 13.2. The molecule has 2 aliphatic carbocycles. The molecule has 1 saturated heterocycles. The number of carbonyl (C=O) groups is 1. The highest BCUT2D eigenvalue weighted by Crippen LogP contribution is 2.41. The van der Waals surface area contributed by atoms with Gasteiger partial charge in [-0.2, -0.15) is 0 Å². The van der Waals surface area contributed by atoms with Crippen LogP contribution in [0.5, 0.6) is 0 Å². The van der Waals surface area contributed by atoms with Crippen LogP contribution in [0.4, 0.5) is 5.95 Å². The largest absolute Gasteiger partial charge is 0.355 e. The topological polar surface area (TPSA) is 63.1 Å². The molecule has 2 fully saturated rings. The minimum absolute atomic E-state index is 0.0967. The quantitative estimate of drug-likeness (QED) is 0.558. The fraction of sp³-hybridized carbons (Fsp3) is 0.737. The Morgan fingerprint density at radius 2 is 2.04 bits per heavy atom. The molecule has 3 aliphatic rings. The third-order valence-electron chi connectivity index (χ3n) is 5.43. The van der Waals surface area contributed by atoms with Crippen LogP contribution in [0.3, 0.4) is 0 Å². The monoisotopic (exact) mass is 375 g/mol. The smallest absolute Gasteiger partial charge is 0.230 e. The standard InChI is InChI=1S/C19H29N5OS/c25-17(20-11-10-15-6-2-1-3-7-15)14-26-19-22-21-18(23-12-4-5-13-23)24(19)16-8-9-16/h6,16H,1-5,7-14H2,(H,20,25). The molecule has 6 nitrogen and oxygen atoms in total. The van der Waals surface area contributed by atoms with Crippen molar-refractivity contribution in [1.82, 2.24) is 20.1 Å². The van der Waals surface area contributed by atoms with Gasteiger partial charge in [0.25, 0.3) is 0 Å². The SMILES string of the molecule is O=C(CSc1nnc(N2CCCC2)n1C1CC1)NCCC1=CCCCC1. The molecule has 1 N–H and O–H groups in total. The first-order chi connectivity index (χ1) is 12.8. The van der Waals surface area contributed by atoms with Crippen LogP contribution < -0.4 is 10.2 Å². The fourth-order valence-corrected chi connectivity index (χ4v) is 4.66. The molecule has 0 spiro atoms. The van der Waals surface area contributed by atoms with Gasteiger partial charge >= 0.3 is 0 Å². The maximum atomic E-state index is 12.2. The van der Waals surface area contributed by atoms with Crippen molar-refractivity contribution < 1.29 is 4.79 Å². The van der Waals surface area contributed by atoms with Gasteiger partial charge in [0.05, 0.1) is 5.75 Å². The highest BCUT2D eigenvalue weighted by Gasteiger charge is 2.32. The molecule has 142 valence electrons. The van der Waals surface area contributed by atoms with E-state index in [9.17, 15) is 4.79 Å². The summed E-state index contributed by atoms with van der Waals surface area (Å²) in [5.41, 5.74) is 1.51. The van der Waals surface area contributed by atoms with Gasteiger partial charge < -0.3 is 10.2 Å². The minimum atomic E-state index is 0.0967. The van der Waals surface area contributed by atoms with Crippen molar-refractivity contribution in [3.63, 3.8) is 0 Å². The van der Waals surface area contributed by atoms with Crippen molar-refractivity contribution in [1.29, 1.82) is 0 Å². The van der Waals surface area contributed by atoms with Crippen LogP contribution in [0.2, 0.25) is 0 Å². The maximum absolute atomic E-state index is 12.2. The summed E-state index contributed by atoms with van der Waals surface area (Å²) in [7, 11) is 0. The van der Waals surface area contributed by atoms with Crippen molar-refractivity contribution in [3.05, 3.63) is 11.6 Å². The lowest BCUT2D eigenvalue weighted by atomic mass is 9.97. The van der Waals surface area contributed by atoms with Crippen LogP contribution >= 0.6 is 11.8 Å². The Hall–Kier alpha value is -1.50. The predicted octanol–water partition coefficient (Wildman–Crippen LogP) is 3.31. The van der Waals surface area contributed by atoms with Gasteiger partial charge in [-0.1, -0.05) is 23.4 Å². The molecule has 0 unspecified atom stereocenters. The molecular formula is C19H29N5OS. The zero-order valence-electron chi connectivity index (χ0n) is 15.5. The molecule has 1 aliphatic heterocycles. The molecule has 0 bridgehead atoms. The molecule has 0 atom stereocenters. The van der Waals surface area contributed by atoms with Gasteiger partial charge in [0.2, 0.25) is 11.9 Å². The number of anilines is 1.